The van der Waals surface area contributed by atoms with E-state index in [1.807, 2.05) is 68.4 Å². The maximum Gasteiger partial charge on any atom is 0.231 e. The highest BCUT2D eigenvalue weighted by atomic mass is 16.2. The van der Waals surface area contributed by atoms with Crippen molar-refractivity contribution in [3.63, 3.8) is 0 Å². The van der Waals surface area contributed by atoms with E-state index < -0.39 is 5.41 Å². The molecule has 0 atom stereocenters. The first-order valence-corrected chi connectivity index (χ1v) is 8.07. The van der Waals surface area contributed by atoms with Gasteiger partial charge in [-0.05, 0) is 49.2 Å². The Kier molecular flexibility index (Phi) is 5.77. The molecule has 0 heterocycles. The molecular weight excluding hydrogens is 286 g/mol. The summed E-state index contributed by atoms with van der Waals surface area (Å²) in [6.07, 6.45) is 1.47. The number of carbonyl (C=O) groups is 1. The van der Waals surface area contributed by atoms with Gasteiger partial charge in [0.05, 0.1) is 5.41 Å². The number of nitrogens with two attached hydrogens (primary N) is 1. The Morgan fingerprint density at radius 1 is 0.913 bits per heavy atom. The van der Waals surface area contributed by atoms with Crippen molar-refractivity contribution in [3.8, 4) is 0 Å². The van der Waals surface area contributed by atoms with E-state index in [4.69, 9.17) is 5.73 Å². The summed E-state index contributed by atoms with van der Waals surface area (Å²) in [7, 11) is 0. The molecule has 0 fully saturated rings. The van der Waals surface area contributed by atoms with Crippen molar-refractivity contribution in [2.24, 2.45) is 11.1 Å². The van der Waals surface area contributed by atoms with Crippen molar-refractivity contribution in [2.45, 2.75) is 26.7 Å². The lowest BCUT2D eigenvalue weighted by Crippen LogP contribution is -2.41. The number of hydrogen-bond donors (Lipinski definition) is 3. The lowest BCUT2D eigenvalue weighted by molar-refractivity contribution is -0.125. The Morgan fingerprint density at radius 2 is 1.43 bits per heavy atom. The molecule has 23 heavy (non-hydrogen) atoms. The second kappa shape index (κ2) is 7.79. The van der Waals surface area contributed by atoms with Crippen LogP contribution in [0.2, 0.25) is 0 Å². The summed E-state index contributed by atoms with van der Waals surface area (Å²) in [6.45, 7) is 4.37. The summed E-state index contributed by atoms with van der Waals surface area (Å²) in [5, 5.41) is 6.30. The van der Waals surface area contributed by atoms with Crippen LogP contribution in [-0.2, 0) is 4.79 Å². The van der Waals surface area contributed by atoms with Gasteiger partial charge in [0.2, 0.25) is 5.91 Å². The van der Waals surface area contributed by atoms with Crippen molar-refractivity contribution in [1.29, 1.82) is 0 Å². The molecular formula is C19H25N3O. The lowest BCUT2D eigenvalue weighted by Gasteiger charge is -2.28. The van der Waals surface area contributed by atoms with Crippen LogP contribution in [0.1, 0.15) is 26.7 Å². The van der Waals surface area contributed by atoms with Crippen LogP contribution in [0, 0.1) is 5.41 Å². The normalized spacial score (nSPS) is 11.1. The number of benzene rings is 2. The minimum absolute atomic E-state index is 0.00577. The molecule has 4 N–H and O–H groups in total. The molecule has 4 heteroatoms. The molecule has 0 saturated heterocycles. The third-order valence-corrected chi connectivity index (χ3v) is 4.43. The molecule has 122 valence electrons. The van der Waals surface area contributed by atoms with Crippen LogP contribution in [-0.4, -0.2) is 12.5 Å². The molecule has 2 aromatic carbocycles. The van der Waals surface area contributed by atoms with E-state index in [1.165, 1.54) is 0 Å². The Labute approximate surface area is 138 Å². The predicted octanol–water partition coefficient (Wildman–Crippen LogP) is 4.13. The summed E-state index contributed by atoms with van der Waals surface area (Å²) >= 11 is 0. The molecule has 0 aliphatic carbocycles. The number of nitrogens with one attached hydrogen (secondary N) is 2. The first-order valence-electron chi connectivity index (χ1n) is 8.07. The fraction of sp³-hybridized carbons (Fsp3) is 0.316. The van der Waals surface area contributed by atoms with Gasteiger partial charge in [0.15, 0.2) is 0 Å². The number of carbonyl (C=O) groups excluding carboxylic acids is 1. The highest BCUT2D eigenvalue weighted by molar-refractivity contribution is 5.95. The molecule has 0 bridgehead atoms. The summed E-state index contributed by atoms with van der Waals surface area (Å²) in [4.78, 5) is 12.5. The Balaban J connectivity index is 2.04. The SMILES string of the molecule is CCC(CC)(CN)C(=O)Nc1ccc(Nc2ccccc2)cc1. The maximum absolute atomic E-state index is 12.5. The zero-order valence-electron chi connectivity index (χ0n) is 13.8. The topological polar surface area (TPSA) is 67.2 Å². The molecule has 0 aromatic heterocycles. The predicted molar refractivity (Wildman–Crippen MR) is 96.9 cm³/mol. The third kappa shape index (κ3) is 4.11. The lowest BCUT2D eigenvalue weighted by atomic mass is 9.81. The van der Waals surface area contributed by atoms with Crippen molar-refractivity contribution < 1.29 is 4.79 Å². The smallest absolute Gasteiger partial charge is 0.231 e. The number of hydrogen-bond acceptors (Lipinski definition) is 3. The molecule has 4 nitrogen and oxygen atoms in total. The van der Waals surface area contributed by atoms with Gasteiger partial charge in [-0.25, -0.2) is 0 Å². The summed E-state index contributed by atoms with van der Waals surface area (Å²) < 4.78 is 0. The molecule has 1 amide bonds. The van der Waals surface area contributed by atoms with Gasteiger partial charge in [0.1, 0.15) is 0 Å². The highest BCUT2D eigenvalue weighted by Crippen LogP contribution is 2.27. The van der Waals surface area contributed by atoms with Gasteiger partial charge in [0.25, 0.3) is 0 Å². The second-order valence-electron chi connectivity index (χ2n) is 5.71. The molecule has 0 aliphatic rings. The number of anilines is 3. The van der Waals surface area contributed by atoms with Crippen molar-refractivity contribution in [2.75, 3.05) is 17.2 Å². The number of para-hydroxylation sites is 1. The zero-order chi connectivity index (χ0) is 16.7. The van der Waals surface area contributed by atoms with Gasteiger partial charge in [-0.15, -0.1) is 0 Å². The Bertz CT molecular complexity index is 611. The van der Waals surface area contributed by atoms with Crippen LogP contribution in [0.4, 0.5) is 17.1 Å². The molecule has 0 unspecified atom stereocenters. The minimum atomic E-state index is -0.485. The van der Waals surface area contributed by atoms with E-state index in [0.717, 1.165) is 29.9 Å². The molecule has 0 radical (unpaired) electrons. The van der Waals surface area contributed by atoms with E-state index in [0.29, 0.717) is 6.54 Å². The second-order valence-corrected chi connectivity index (χ2v) is 5.71. The van der Waals surface area contributed by atoms with E-state index >= 15 is 0 Å². The monoisotopic (exact) mass is 311 g/mol. The highest BCUT2D eigenvalue weighted by Gasteiger charge is 2.33. The molecule has 0 spiro atoms. The largest absolute Gasteiger partial charge is 0.356 e. The van der Waals surface area contributed by atoms with Crippen LogP contribution in [0.15, 0.2) is 54.6 Å². The van der Waals surface area contributed by atoms with Crippen LogP contribution < -0.4 is 16.4 Å². The van der Waals surface area contributed by atoms with Crippen molar-refractivity contribution in [1.82, 2.24) is 0 Å². The summed E-state index contributed by atoms with van der Waals surface area (Å²) in [6, 6.07) is 17.7. The molecule has 2 aromatic rings. The van der Waals surface area contributed by atoms with E-state index in [2.05, 4.69) is 10.6 Å². The van der Waals surface area contributed by atoms with Crippen molar-refractivity contribution in [3.05, 3.63) is 54.6 Å². The molecule has 0 aliphatic heterocycles. The van der Waals surface area contributed by atoms with Gasteiger partial charge in [-0.3, -0.25) is 4.79 Å². The molecule has 0 saturated carbocycles. The van der Waals surface area contributed by atoms with Gasteiger partial charge < -0.3 is 16.4 Å². The van der Waals surface area contributed by atoms with Gasteiger partial charge in [-0.2, -0.15) is 0 Å². The van der Waals surface area contributed by atoms with Crippen LogP contribution in [0.5, 0.6) is 0 Å². The van der Waals surface area contributed by atoms with E-state index in [1.54, 1.807) is 0 Å². The summed E-state index contributed by atoms with van der Waals surface area (Å²) in [5.74, 6) is -0.00577. The third-order valence-electron chi connectivity index (χ3n) is 4.43. The van der Waals surface area contributed by atoms with Gasteiger partial charge in [-0.1, -0.05) is 32.0 Å². The first-order chi connectivity index (χ1) is 11.1. The zero-order valence-corrected chi connectivity index (χ0v) is 13.8. The van der Waals surface area contributed by atoms with Crippen LogP contribution >= 0.6 is 0 Å². The first kappa shape index (κ1) is 17.0. The van der Waals surface area contributed by atoms with Crippen molar-refractivity contribution >= 4 is 23.0 Å². The Hall–Kier alpha value is -2.33. The fourth-order valence-corrected chi connectivity index (χ4v) is 2.54. The average Bonchev–Trinajstić information content (AvgIpc) is 2.60. The average molecular weight is 311 g/mol. The van der Waals surface area contributed by atoms with Crippen LogP contribution in [0.3, 0.4) is 0 Å². The van der Waals surface area contributed by atoms with Crippen LogP contribution in [0.25, 0.3) is 0 Å². The fourth-order valence-electron chi connectivity index (χ4n) is 2.54. The van der Waals surface area contributed by atoms with E-state index in [-0.39, 0.29) is 5.91 Å². The minimum Gasteiger partial charge on any atom is -0.356 e. The van der Waals surface area contributed by atoms with Gasteiger partial charge >= 0.3 is 0 Å². The Morgan fingerprint density at radius 3 is 1.96 bits per heavy atom. The number of rotatable bonds is 7. The molecule has 2 rings (SSSR count). The standard InChI is InChI=1S/C19H25N3O/c1-3-19(4-2,14-20)18(23)22-17-12-10-16(11-13-17)21-15-8-6-5-7-9-15/h5-13,21H,3-4,14,20H2,1-2H3,(H,22,23). The quantitative estimate of drug-likeness (QED) is 0.720. The number of amides is 1. The van der Waals surface area contributed by atoms with Gasteiger partial charge in [0, 0.05) is 23.6 Å². The maximum atomic E-state index is 12.5. The van der Waals surface area contributed by atoms with E-state index in [9.17, 15) is 4.79 Å². The summed E-state index contributed by atoms with van der Waals surface area (Å²) in [5.41, 5.74) is 8.13.